The van der Waals surface area contributed by atoms with Crippen LogP contribution in [-0.4, -0.2) is 11.3 Å². The molecule has 0 saturated heterocycles. The van der Waals surface area contributed by atoms with Crippen LogP contribution in [0.2, 0.25) is 10.0 Å². The van der Waals surface area contributed by atoms with Crippen molar-refractivity contribution in [3.63, 3.8) is 0 Å². The van der Waals surface area contributed by atoms with Crippen LogP contribution >= 0.6 is 46.5 Å². The van der Waals surface area contributed by atoms with Gasteiger partial charge in [0.2, 0.25) is 0 Å². The van der Waals surface area contributed by atoms with Crippen LogP contribution in [0.4, 0.5) is 10.1 Å². The van der Waals surface area contributed by atoms with Crippen LogP contribution in [-0.2, 0) is 0 Å². The van der Waals surface area contributed by atoms with Crippen molar-refractivity contribution in [3.05, 3.63) is 69.6 Å². The van der Waals surface area contributed by atoms with Crippen LogP contribution in [0.3, 0.4) is 0 Å². The number of anilines is 1. The highest BCUT2D eigenvalue weighted by molar-refractivity contribution is 8.02. The van der Waals surface area contributed by atoms with Crippen molar-refractivity contribution < 1.29 is 9.50 Å². The number of phenols is 1. The first kappa shape index (κ1) is 19.9. The Morgan fingerprint density at radius 3 is 2.72 bits per heavy atom. The molecule has 0 aliphatic rings. The Morgan fingerprint density at radius 1 is 1.20 bits per heavy atom. The van der Waals surface area contributed by atoms with Gasteiger partial charge in [-0.2, -0.15) is 0 Å². The van der Waals surface area contributed by atoms with Gasteiger partial charge in [-0.05, 0) is 55.3 Å². The molecule has 7 heteroatoms. The molecule has 2 nitrogen and oxygen atoms in total. The summed E-state index contributed by atoms with van der Waals surface area (Å²) < 4.78 is 17.7. The lowest BCUT2D eigenvalue weighted by molar-refractivity contribution is 0.470. The number of nitrogens with one attached hydrogen (secondary N) is 1. The molecule has 1 atom stereocenters. The largest absolute Gasteiger partial charge is 0.506 e. The lowest BCUT2D eigenvalue weighted by Gasteiger charge is -2.04. The first-order chi connectivity index (χ1) is 12.0. The topological polar surface area (TPSA) is 32.3 Å². The molecular weight excluding hydrogens is 400 g/mol. The number of benzene rings is 1. The molecule has 0 fully saturated rings. The zero-order valence-electron chi connectivity index (χ0n) is 13.2. The third-order valence-electron chi connectivity index (χ3n) is 2.94. The van der Waals surface area contributed by atoms with E-state index in [0.717, 1.165) is 9.09 Å². The van der Waals surface area contributed by atoms with Crippen molar-refractivity contribution in [3.8, 4) is 5.75 Å². The quantitative estimate of drug-likeness (QED) is 0.365. The predicted molar refractivity (Wildman–Crippen MR) is 110 cm³/mol. The van der Waals surface area contributed by atoms with Gasteiger partial charge in [-0.15, -0.1) is 11.3 Å². The zero-order chi connectivity index (χ0) is 18.2. The summed E-state index contributed by atoms with van der Waals surface area (Å²) in [5, 5.41) is 10.5. The molecule has 1 heterocycles. The van der Waals surface area contributed by atoms with Gasteiger partial charge in [0.05, 0.1) is 14.3 Å². The molecule has 0 amide bonds. The van der Waals surface area contributed by atoms with Crippen molar-refractivity contribution >= 4 is 58.2 Å². The number of thiophene rings is 1. The van der Waals surface area contributed by atoms with Crippen LogP contribution in [0.5, 0.6) is 5.75 Å². The van der Waals surface area contributed by atoms with Crippen molar-refractivity contribution in [1.29, 1.82) is 0 Å². The number of hydrogen-bond acceptors (Lipinski definition) is 4. The molecule has 2 rings (SSSR count). The number of rotatable bonds is 7. The number of alkyl halides is 1. The van der Waals surface area contributed by atoms with Crippen LogP contribution in [0.25, 0.3) is 6.08 Å². The van der Waals surface area contributed by atoms with E-state index < -0.39 is 6.17 Å². The number of hydrogen-bond donors (Lipinski definition) is 2. The van der Waals surface area contributed by atoms with Crippen LogP contribution < -0.4 is 4.72 Å². The number of halogens is 3. The van der Waals surface area contributed by atoms with E-state index in [9.17, 15) is 9.50 Å². The fourth-order valence-electron chi connectivity index (χ4n) is 1.74. The molecule has 0 aliphatic carbocycles. The van der Waals surface area contributed by atoms with Gasteiger partial charge in [0, 0.05) is 16.6 Å². The van der Waals surface area contributed by atoms with E-state index in [1.54, 1.807) is 30.4 Å². The summed E-state index contributed by atoms with van der Waals surface area (Å²) in [5.74, 6) is 0.0139. The molecule has 132 valence electrons. The first-order valence-electron chi connectivity index (χ1n) is 7.32. The summed E-state index contributed by atoms with van der Waals surface area (Å²) in [6.45, 7) is 1.87. The lowest BCUT2D eigenvalue weighted by atomic mass is 10.3. The van der Waals surface area contributed by atoms with Gasteiger partial charge in [0.1, 0.15) is 11.9 Å². The van der Waals surface area contributed by atoms with E-state index in [1.807, 2.05) is 19.1 Å². The van der Waals surface area contributed by atoms with Gasteiger partial charge in [-0.25, -0.2) is 4.39 Å². The Kier molecular flexibility index (Phi) is 7.90. The third-order valence-corrected chi connectivity index (χ3v) is 5.73. The molecule has 25 heavy (non-hydrogen) atoms. The molecule has 0 bridgehead atoms. The number of phenolic OH excluding ortho intramolecular Hbond substituents is 1. The number of aromatic hydroxyl groups is 1. The summed E-state index contributed by atoms with van der Waals surface area (Å²) >= 11 is 14.8. The van der Waals surface area contributed by atoms with Crippen LogP contribution in [0, 0.1) is 0 Å². The van der Waals surface area contributed by atoms with E-state index in [-0.39, 0.29) is 5.75 Å². The highest BCUT2D eigenvalue weighted by Gasteiger charge is 2.07. The van der Waals surface area contributed by atoms with Crippen molar-refractivity contribution in [2.75, 3.05) is 4.72 Å². The molecule has 1 aromatic carbocycles. The van der Waals surface area contributed by atoms with E-state index in [2.05, 4.69) is 4.72 Å². The highest BCUT2D eigenvalue weighted by Crippen LogP contribution is 2.36. The minimum Gasteiger partial charge on any atom is -0.506 e. The van der Waals surface area contributed by atoms with Gasteiger partial charge < -0.3 is 9.83 Å². The molecule has 1 aromatic heterocycles. The number of allylic oxidation sites excluding steroid dienone is 5. The second-order valence-electron chi connectivity index (χ2n) is 4.86. The first-order valence-corrected chi connectivity index (χ1v) is 9.71. The van der Waals surface area contributed by atoms with Crippen molar-refractivity contribution in [2.24, 2.45) is 0 Å². The summed E-state index contributed by atoms with van der Waals surface area (Å²) in [6.07, 6.45) is 8.70. The van der Waals surface area contributed by atoms with E-state index in [1.165, 1.54) is 41.5 Å². The highest BCUT2D eigenvalue weighted by atomic mass is 35.5. The standard InChI is InChI=1S/C18H16Cl2FNOS2/c1-2-3-4-5-12(21)6-9-17-15(20)11-18(24-17)25-22-13-7-8-14(19)16(23)10-13/h2-12,22-23H,1H3/b3-2-,5-4?,9-6+. The summed E-state index contributed by atoms with van der Waals surface area (Å²) in [4.78, 5) is 0.784. The monoisotopic (exact) mass is 415 g/mol. The molecule has 0 radical (unpaired) electrons. The maximum atomic E-state index is 13.7. The third kappa shape index (κ3) is 6.44. The Morgan fingerprint density at radius 2 is 2.00 bits per heavy atom. The maximum Gasteiger partial charge on any atom is 0.137 e. The second kappa shape index (κ2) is 9.92. The molecule has 0 spiro atoms. The van der Waals surface area contributed by atoms with Crippen molar-refractivity contribution in [2.45, 2.75) is 17.3 Å². The van der Waals surface area contributed by atoms with Gasteiger partial charge in [-0.1, -0.05) is 41.4 Å². The fraction of sp³-hybridized carbons (Fsp3) is 0.111. The van der Waals surface area contributed by atoms with E-state index >= 15 is 0 Å². The van der Waals surface area contributed by atoms with Gasteiger partial charge >= 0.3 is 0 Å². The molecule has 2 aromatic rings. The smallest absolute Gasteiger partial charge is 0.137 e. The lowest BCUT2D eigenvalue weighted by Crippen LogP contribution is -1.86. The molecular formula is C18H16Cl2FNOS2. The normalized spacial score (nSPS) is 13.3. The van der Waals surface area contributed by atoms with Crippen LogP contribution in [0.15, 0.2) is 58.9 Å². The van der Waals surface area contributed by atoms with E-state index in [0.29, 0.717) is 15.7 Å². The molecule has 0 saturated carbocycles. The minimum atomic E-state index is -1.17. The summed E-state index contributed by atoms with van der Waals surface area (Å²) in [7, 11) is 0. The average molecular weight is 416 g/mol. The minimum absolute atomic E-state index is 0.0139. The molecule has 2 N–H and O–H groups in total. The van der Waals surface area contributed by atoms with Gasteiger partial charge in [-0.3, -0.25) is 0 Å². The zero-order valence-corrected chi connectivity index (χ0v) is 16.4. The van der Waals surface area contributed by atoms with Crippen LogP contribution in [0.1, 0.15) is 11.8 Å². The Balaban J connectivity index is 1.98. The predicted octanol–water partition coefficient (Wildman–Crippen LogP) is 7.36. The molecule has 0 aliphatic heterocycles. The Bertz CT molecular complexity index is 802. The Labute approximate surface area is 164 Å². The van der Waals surface area contributed by atoms with Gasteiger partial charge in [0.25, 0.3) is 0 Å². The average Bonchev–Trinajstić information content (AvgIpc) is 2.94. The summed E-state index contributed by atoms with van der Waals surface area (Å²) in [6, 6.07) is 6.71. The Hall–Kier alpha value is -1.40. The second-order valence-corrected chi connectivity index (χ2v) is 7.87. The van der Waals surface area contributed by atoms with Gasteiger partial charge in [0.15, 0.2) is 0 Å². The molecule has 1 unspecified atom stereocenters. The van der Waals surface area contributed by atoms with Crippen molar-refractivity contribution in [1.82, 2.24) is 0 Å². The maximum absolute atomic E-state index is 13.7. The summed E-state index contributed by atoms with van der Waals surface area (Å²) in [5.41, 5.74) is 0.714. The van der Waals surface area contributed by atoms with E-state index in [4.69, 9.17) is 23.2 Å². The SMILES string of the molecule is C/C=C\C=CC(F)/C=C/c1sc(SNc2ccc(Cl)c(O)c2)cc1Cl. The fourth-order valence-corrected chi connectivity index (χ4v) is 4.05.